The molecule has 0 aliphatic rings. The number of rotatable bonds is 4. The van der Waals surface area contributed by atoms with E-state index in [1.54, 1.807) is 19.2 Å². The number of hydrogen-bond donors (Lipinski definition) is 2. The molecule has 0 aromatic heterocycles. The van der Waals surface area contributed by atoms with E-state index in [0.717, 1.165) is 15.7 Å². The second-order valence-electron chi connectivity index (χ2n) is 4.25. The monoisotopic (exact) mass is 352 g/mol. The molecule has 5 heteroatoms. The van der Waals surface area contributed by atoms with Crippen molar-refractivity contribution >= 4 is 39.1 Å². The maximum absolute atomic E-state index is 11.4. The van der Waals surface area contributed by atoms with Crippen LogP contribution in [0.1, 0.15) is 15.9 Å². The Kier molecular flexibility index (Phi) is 5.04. The van der Waals surface area contributed by atoms with Gasteiger partial charge in [-0.25, -0.2) is 0 Å². The summed E-state index contributed by atoms with van der Waals surface area (Å²) < 4.78 is 0.947. The highest BCUT2D eigenvalue weighted by Gasteiger charge is 2.03. The molecule has 0 spiro atoms. The van der Waals surface area contributed by atoms with Crippen LogP contribution in [0.15, 0.2) is 46.9 Å². The van der Waals surface area contributed by atoms with E-state index in [9.17, 15) is 4.79 Å². The van der Waals surface area contributed by atoms with E-state index in [0.29, 0.717) is 17.1 Å². The zero-order valence-corrected chi connectivity index (χ0v) is 13.3. The highest BCUT2D eigenvalue weighted by molar-refractivity contribution is 9.10. The molecule has 0 fully saturated rings. The number of halogens is 2. The first kappa shape index (κ1) is 14.9. The van der Waals surface area contributed by atoms with E-state index < -0.39 is 0 Å². The van der Waals surface area contributed by atoms with Crippen molar-refractivity contribution in [3.63, 3.8) is 0 Å². The van der Waals surface area contributed by atoms with Gasteiger partial charge in [-0.2, -0.15) is 0 Å². The molecule has 1 amide bonds. The van der Waals surface area contributed by atoms with Crippen LogP contribution in [0.25, 0.3) is 0 Å². The highest BCUT2D eigenvalue weighted by Crippen LogP contribution is 2.26. The largest absolute Gasteiger partial charge is 0.380 e. The van der Waals surface area contributed by atoms with Crippen molar-refractivity contribution in [1.29, 1.82) is 0 Å². The van der Waals surface area contributed by atoms with Crippen molar-refractivity contribution in [2.75, 3.05) is 12.4 Å². The Morgan fingerprint density at radius 3 is 2.50 bits per heavy atom. The van der Waals surface area contributed by atoms with Gasteiger partial charge in [0, 0.05) is 23.6 Å². The van der Waals surface area contributed by atoms with E-state index in [-0.39, 0.29) is 5.91 Å². The van der Waals surface area contributed by atoms with Crippen molar-refractivity contribution < 1.29 is 4.79 Å². The summed E-state index contributed by atoms with van der Waals surface area (Å²) in [5.41, 5.74) is 2.61. The molecule has 2 rings (SSSR count). The first-order valence-electron chi connectivity index (χ1n) is 6.10. The molecule has 2 aromatic carbocycles. The predicted octanol–water partition coefficient (Wildman–Crippen LogP) is 4.07. The number of hydrogen-bond acceptors (Lipinski definition) is 2. The van der Waals surface area contributed by atoms with Crippen LogP contribution in [0.4, 0.5) is 5.69 Å². The number of carbonyl (C=O) groups is 1. The standard InChI is InChI=1S/C15H14BrClN2O/c1-18-15(20)11-4-2-10(3-5-11)9-19-14-7-6-12(16)8-13(14)17/h2-8,19H,9H2,1H3,(H,18,20). The van der Waals surface area contributed by atoms with Crippen molar-refractivity contribution in [3.05, 3.63) is 63.1 Å². The van der Waals surface area contributed by atoms with Crippen molar-refractivity contribution in [2.24, 2.45) is 0 Å². The minimum Gasteiger partial charge on any atom is -0.380 e. The molecule has 0 bridgehead atoms. The lowest BCUT2D eigenvalue weighted by Gasteiger charge is -2.09. The van der Waals surface area contributed by atoms with Gasteiger partial charge in [0.1, 0.15) is 0 Å². The maximum Gasteiger partial charge on any atom is 0.251 e. The molecule has 2 N–H and O–H groups in total. The smallest absolute Gasteiger partial charge is 0.251 e. The molecule has 0 saturated carbocycles. The van der Waals surface area contributed by atoms with Crippen LogP contribution in [0, 0.1) is 0 Å². The number of anilines is 1. The number of benzene rings is 2. The first-order chi connectivity index (χ1) is 9.60. The highest BCUT2D eigenvalue weighted by atomic mass is 79.9. The summed E-state index contributed by atoms with van der Waals surface area (Å²) in [6, 6.07) is 13.2. The lowest BCUT2D eigenvalue weighted by molar-refractivity contribution is 0.0963. The summed E-state index contributed by atoms with van der Waals surface area (Å²) in [5.74, 6) is -0.0829. The summed E-state index contributed by atoms with van der Waals surface area (Å²) in [5, 5.41) is 6.53. The average molecular weight is 354 g/mol. The minimum atomic E-state index is -0.0829. The third kappa shape index (κ3) is 3.74. The van der Waals surface area contributed by atoms with Gasteiger partial charge in [-0.1, -0.05) is 39.7 Å². The molecule has 0 radical (unpaired) electrons. The maximum atomic E-state index is 11.4. The molecule has 104 valence electrons. The number of carbonyl (C=O) groups excluding carboxylic acids is 1. The van der Waals surface area contributed by atoms with Crippen LogP contribution < -0.4 is 10.6 Å². The molecular weight excluding hydrogens is 340 g/mol. The molecule has 0 aliphatic heterocycles. The molecule has 2 aromatic rings. The van der Waals surface area contributed by atoms with Gasteiger partial charge in [0.05, 0.1) is 10.7 Å². The van der Waals surface area contributed by atoms with Gasteiger partial charge in [0.25, 0.3) is 5.91 Å². The van der Waals surface area contributed by atoms with Gasteiger partial charge in [-0.15, -0.1) is 0 Å². The average Bonchev–Trinajstić information content (AvgIpc) is 2.46. The predicted molar refractivity (Wildman–Crippen MR) is 86.3 cm³/mol. The molecule has 0 heterocycles. The Morgan fingerprint density at radius 2 is 1.90 bits per heavy atom. The van der Waals surface area contributed by atoms with Gasteiger partial charge in [0.15, 0.2) is 0 Å². The molecule has 0 atom stereocenters. The van der Waals surface area contributed by atoms with E-state index in [2.05, 4.69) is 26.6 Å². The second-order valence-corrected chi connectivity index (χ2v) is 5.58. The number of amides is 1. The summed E-state index contributed by atoms with van der Waals surface area (Å²) in [6.45, 7) is 0.648. The number of nitrogens with one attached hydrogen (secondary N) is 2. The second kappa shape index (κ2) is 6.77. The fraction of sp³-hybridized carbons (Fsp3) is 0.133. The molecule has 3 nitrogen and oxygen atoms in total. The van der Waals surface area contributed by atoms with E-state index in [4.69, 9.17) is 11.6 Å². The van der Waals surface area contributed by atoms with Crippen LogP contribution >= 0.6 is 27.5 Å². The summed E-state index contributed by atoms with van der Waals surface area (Å²) in [4.78, 5) is 11.4. The molecule has 0 saturated heterocycles. The SMILES string of the molecule is CNC(=O)c1ccc(CNc2ccc(Br)cc2Cl)cc1. The zero-order valence-electron chi connectivity index (χ0n) is 10.9. The van der Waals surface area contributed by atoms with E-state index >= 15 is 0 Å². The lowest BCUT2D eigenvalue weighted by Crippen LogP contribution is -2.17. The third-order valence-electron chi connectivity index (χ3n) is 2.86. The Balaban J connectivity index is 2.02. The summed E-state index contributed by atoms with van der Waals surface area (Å²) in [6.07, 6.45) is 0. The molecular formula is C15H14BrClN2O. The van der Waals surface area contributed by atoms with E-state index in [1.807, 2.05) is 30.3 Å². The van der Waals surface area contributed by atoms with Crippen molar-refractivity contribution in [1.82, 2.24) is 5.32 Å². The van der Waals surface area contributed by atoms with E-state index in [1.165, 1.54) is 0 Å². The van der Waals surface area contributed by atoms with Crippen LogP contribution in [-0.4, -0.2) is 13.0 Å². The van der Waals surface area contributed by atoms with Gasteiger partial charge >= 0.3 is 0 Å². The molecule has 0 aliphatic carbocycles. The summed E-state index contributed by atoms with van der Waals surface area (Å²) in [7, 11) is 1.62. The van der Waals surface area contributed by atoms with Crippen LogP contribution in [0.2, 0.25) is 5.02 Å². The minimum absolute atomic E-state index is 0.0829. The van der Waals surface area contributed by atoms with Crippen LogP contribution in [-0.2, 0) is 6.54 Å². The quantitative estimate of drug-likeness (QED) is 0.870. The van der Waals surface area contributed by atoms with Gasteiger partial charge < -0.3 is 10.6 Å². The van der Waals surface area contributed by atoms with Crippen molar-refractivity contribution in [3.8, 4) is 0 Å². The van der Waals surface area contributed by atoms with Gasteiger partial charge in [0.2, 0.25) is 0 Å². The molecule has 0 unspecified atom stereocenters. The topological polar surface area (TPSA) is 41.1 Å². The van der Waals surface area contributed by atoms with Gasteiger partial charge in [-0.3, -0.25) is 4.79 Å². The Morgan fingerprint density at radius 1 is 1.20 bits per heavy atom. The van der Waals surface area contributed by atoms with Crippen LogP contribution in [0.3, 0.4) is 0 Å². The normalized spacial score (nSPS) is 10.2. The zero-order chi connectivity index (χ0) is 14.5. The van der Waals surface area contributed by atoms with Crippen LogP contribution in [0.5, 0.6) is 0 Å². The Bertz CT molecular complexity index is 614. The first-order valence-corrected chi connectivity index (χ1v) is 7.27. The Hall–Kier alpha value is -1.52. The molecule has 20 heavy (non-hydrogen) atoms. The third-order valence-corrected chi connectivity index (χ3v) is 3.66. The fourth-order valence-electron chi connectivity index (χ4n) is 1.75. The van der Waals surface area contributed by atoms with Crippen molar-refractivity contribution in [2.45, 2.75) is 6.54 Å². The lowest BCUT2D eigenvalue weighted by atomic mass is 10.1. The Labute approximate surface area is 131 Å². The fourth-order valence-corrected chi connectivity index (χ4v) is 2.49. The van der Waals surface area contributed by atoms with Gasteiger partial charge in [-0.05, 0) is 35.9 Å². The summed E-state index contributed by atoms with van der Waals surface area (Å²) >= 11 is 9.51.